The van der Waals surface area contributed by atoms with Crippen molar-refractivity contribution in [3.63, 3.8) is 0 Å². The first-order valence-electron chi connectivity index (χ1n) is 7.65. The second kappa shape index (κ2) is 7.60. The lowest BCUT2D eigenvalue weighted by atomic mass is 10.00. The Kier molecular flexibility index (Phi) is 5.80. The molecule has 0 spiro atoms. The van der Waals surface area contributed by atoms with Gasteiger partial charge in [-0.2, -0.15) is 0 Å². The molecule has 4 heteroatoms. The summed E-state index contributed by atoms with van der Waals surface area (Å²) >= 11 is 0. The third-order valence-corrected chi connectivity index (χ3v) is 3.92. The molecule has 1 N–H and O–H groups in total. The van der Waals surface area contributed by atoms with Gasteiger partial charge in [0.05, 0.1) is 0 Å². The molecule has 1 fully saturated rings. The standard InChI is InChI=1S/C16H27N3O/c1-4-17-10-15-9-13(2)16(18-11-15)19(3)12-14-5-7-20-8-6-14/h9,11,14,17H,4-8,10,12H2,1-3H3. The van der Waals surface area contributed by atoms with E-state index in [1.54, 1.807) is 0 Å². The van der Waals surface area contributed by atoms with Crippen LogP contribution in [0.1, 0.15) is 30.9 Å². The summed E-state index contributed by atoms with van der Waals surface area (Å²) in [5.74, 6) is 1.84. The first-order valence-corrected chi connectivity index (χ1v) is 7.65. The van der Waals surface area contributed by atoms with Gasteiger partial charge in [-0.1, -0.05) is 6.92 Å². The Labute approximate surface area is 122 Å². The topological polar surface area (TPSA) is 37.4 Å². The molecule has 0 aromatic carbocycles. The maximum absolute atomic E-state index is 5.42. The van der Waals surface area contributed by atoms with E-state index in [0.717, 1.165) is 44.6 Å². The number of nitrogens with one attached hydrogen (secondary N) is 1. The van der Waals surface area contributed by atoms with E-state index >= 15 is 0 Å². The van der Waals surface area contributed by atoms with Crippen molar-refractivity contribution in [2.75, 3.05) is 38.3 Å². The van der Waals surface area contributed by atoms with E-state index in [0.29, 0.717) is 0 Å². The Balaban J connectivity index is 1.96. The predicted octanol–water partition coefficient (Wildman–Crippen LogP) is 2.36. The summed E-state index contributed by atoms with van der Waals surface area (Å²) in [5, 5.41) is 3.34. The van der Waals surface area contributed by atoms with Gasteiger partial charge in [-0.25, -0.2) is 4.98 Å². The van der Waals surface area contributed by atoms with Gasteiger partial charge in [-0.3, -0.25) is 0 Å². The third-order valence-electron chi connectivity index (χ3n) is 3.92. The van der Waals surface area contributed by atoms with Gasteiger partial charge in [-0.15, -0.1) is 0 Å². The monoisotopic (exact) mass is 277 g/mol. The molecule has 1 aliphatic rings. The minimum Gasteiger partial charge on any atom is -0.381 e. The number of pyridine rings is 1. The Hall–Kier alpha value is -1.13. The molecular formula is C16H27N3O. The summed E-state index contributed by atoms with van der Waals surface area (Å²) in [6, 6.07) is 2.24. The molecule has 1 aliphatic heterocycles. The van der Waals surface area contributed by atoms with Crippen LogP contribution in [0.25, 0.3) is 0 Å². The SMILES string of the molecule is CCNCc1cnc(N(C)CC2CCOCC2)c(C)c1. The summed E-state index contributed by atoms with van der Waals surface area (Å²) in [4.78, 5) is 6.95. The van der Waals surface area contributed by atoms with Crippen molar-refractivity contribution < 1.29 is 4.74 Å². The van der Waals surface area contributed by atoms with Crippen molar-refractivity contribution in [2.45, 2.75) is 33.2 Å². The van der Waals surface area contributed by atoms with Crippen LogP contribution in [-0.4, -0.2) is 38.3 Å². The normalized spacial score (nSPS) is 16.4. The number of nitrogens with zero attached hydrogens (tertiary/aromatic N) is 2. The number of rotatable bonds is 6. The quantitative estimate of drug-likeness (QED) is 0.866. The van der Waals surface area contributed by atoms with Crippen molar-refractivity contribution >= 4 is 5.82 Å². The van der Waals surface area contributed by atoms with E-state index in [2.05, 4.69) is 42.2 Å². The van der Waals surface area contributed by atoms with Gasteiger partial charge in [-0.05, 0) is 49.4 Å². The van der Waals surface area contributed by atoms with Crippen molar-refractivity contribution in [1.29, 1.82) is 0 Å². The molecule has 0 aliphatic carbocycles. The zero-order valence-corrected chi connectivity index (χ0v) is 13.0. The molecule has 1 aromatic heterocycles. The molecule has 0 atom stereocenters. The van der Waals surface area contributed by atoms with Crippen LogP contribution >= 0.6 is 0 Å². The van der Waals surface area contributed by atoms with Gasteiger partial charge in [0.2, 0.25) is 0 Å². The summed E-state index contributed by atoms with van der Waals surface area (Å²) in [5.41, 5.74) is 2.52. The van der Waals surface area contributed by atoms with Gasteiger partial charge in [0.15, 0.2) is 0 Å². The molecule has 1 saturated heterocycles. The molecule has 0 saturated carbocycles. The molecule has 4 nitrogen and oxygen atoms in total. The fourth-order valence-corrected chi connectivity index (χ4v) is 2.79. The number of ether oxygens (including phenoxy) is 1. The van der Waals surface area contributed by atoms with Gasteiger partial charge < -0.3 is 15.0 Å². The number of hydrogen-bond donors (Lipinski definition) is 1. The highest BCUT2D eigenvalue weighted by Crippen LogP contribution is 2.21. The molecule has 112 valence electrons. The molecule has 0 unspecified atom stereocenters. The highest BCUT2D eigenvalue weighted by Gasteiger charge is 2.17. The fourth-order valence-electron chi connectivity index (χ4n) is 2.79. The molecule has 2 rings (SSSR count). The lowest BCUT2D eigenvalue weighted by Crippen LogP contribution is -2.30. The van der Waals surface area contributed by atoms with Crippen LogP contribution in [0.2, 0.25) is 0 Å². The van der Waals surface area contributed by atoms with Crippen LogP contribution in [-0.2, 0) is 11.3 Å². The molecule has 0 amide bonds. The number of hydrogen-bond acceptors (Lipinski definition) is 4. The van der Waals surface area contributed by atoms with E-state index in [4.69, 9.17) is 4.74 Å². The highest BCUT2D eigenvalue weighted by molar-refractivity contribution is 5.46. The van der Waals surface area contributed by atoms with Crippen LogP contribution in [0.3, 0.4) is 0 Å². The fraction of sp³-hybridized carbons (Fsp3) is 0.688. The maximum Gasteiger partial charge on any atom is 0.131 e. The lowest BCUT2D eigenvalue weighted by Gasteiger charge is -2.28. The van der Waals surface area contributed by atoms with Crippen LogP contribution in [0.5, 0.6) is 0 Å². The van der Waals surface area contributed by atoms with Gasteiger partial charge in [0.1, 0.15) is 5.82 Å². The first-order chi connectivity index (χ1) is 9.70. The highest BCUT2D eigenvalue weighted by atomic mass is 16.5. The number of aryl methyl sites for hydroxylation is 1. The maximum atomic E-state index is 5.42. The second-order valence-electron chi connectivity index (χ2n) is 5.70. The summed E-state index contributed by atoms with van der Waals surface area (Å²) in [6.07, 6.45) is 4.33. The molecule has 0 radical (unpaired) electrons. The molecular weight excluding hydrogens is 250 g/mol. The van der Waals surface area contributed by atoms with E-state index in [-0.39, 0.29) is 0 Å². The predicted molar refractivity (Wildman–Crippen MR) is 83.2 cm³/mol. The van der Waals surface area contributed by atoms with E-state index in [9.17, 15) is 0 Å². The zero-order chi connectivity index (χ0) is 14.4. The van der Waals surface area contributed by atoms with E-state index < -0.39 is 0 Å². The number of anilines is 1. The summed E-state index contributed by atoms with van der Waals surface area (Å²) in [7, 11) is 2.15. The first kappa shape index (κ1) is 15.3. The van der Waals surface area contributed by atoms with Gasteiger partial charge >= 0.3 is 0 Å². The van der Waals surface area contributed by atoms with Gasteiger partial charge in [0.25, 0.3) is 0 Å². The van der Waals surface area contributed by atoms with Crippen molar-refractivity contribution in [3.8, 4) is 0 Å². The number of aromatic nitrogens is 1. The van der Waals surface area contributed by atoms with E-state index in [1.807, 2.05) is 6.20 Å². The minimum absolute atomic E-state index is 0.733. The van der Waals surface area contributed by atoms with Crippen LogP contribution in [0, 0.1) is 12.8 Å². The molecule has 20 heavy (non-hydrogen) atoms. The van der Waals surface area contributed by atoms with E-state index in [1.165, 1.54) is 24.0 Å². The molecule has 1 aromatic rings. The Morgan fingerprint density at radius 2 is 2.15 bits per heavy atom. The Morgan fingerprint density at radius 3 is 2.80 bits per heavy atom. The second-order valence-corrected chi connectivity index (χ2v) is 5.70. The Bertz CT molecular complexity index is 416. The smallest absolute Gasteiger partial charge is 0.131 e. The Morgan fingerprint density at radius 1 is 1.40 bits per heavy atom. The average molecular weight is 277 g/mol. The summed E-state index contributed by atoms with van der Waals surface area (Å²) in [6.45, 7) is 9.05. The minimum atomic E-state index is 0.733. The summed E-state index contributed by atoms with van der Waals surface area (Å²) < 4.78 is 5.42. The third kappa shape index (κ3) is 4.18. The van der Waals surface area contributed by atoms with Crippen molar-refractivity contribution in [1.82, 2.24) is 10.3 Å². The molecule has 0 bridgehead atoms. The zero-order valence-electron chi connectivity index (χ0n) is 13.0. The molecule has 2 heterocycles. The van der Waals surface area contributed by atoms with Crippen molar-refractivity contribution in [3.05, 3.63) is 23.4 Å². The van der Waals surface area contributed by atoms with Crippen LogP contribution < -0.4 is 10.2 Å². The largest absolute Gasteiger partial charge is 0.381 e. The van der Waals surface area contributed by atoms with Gasteiger partial charge in [0, 0.05) is 39.5 Å². The van der Waals surface area contributed by atoms with Crippen LogP contribution in [0.4, 0.5) is 5.82 Å². The van der Waals surface area contributed by atoms with Crippen molar-refractivity contribution in [2.24, 2.45) is 5.92 Å². The van der Waals surface area contributed by atoms with Crippen LogP contribution in [0.15, 0.2) is 12.3 Å². The average Bonchev–Trinajstić information content (AvgIpc) is 2.46. The lowest BCUT2D eigenvalue weighted by molar-refractivity contribution is 0.0685.